The van der Waals surface area contributed by atoms with E-state index in [0.717, 1.165) is 0 Å². The van der Waals surface area contributed by atoms with Gasteiger partial charge in [-0.3, -0.25) is 29.8 Å². The summed E-state index contributed by atoms with van der Waals surface area (Å²) in [6.45, 7) is 0. The van der Waals surface area contributed by atoms with E-state index in [4.69, 9.17) is 23.2 Å². The third kappa shape index (κ3) is 6.68. The Bertz CT molecular complexity index is 919. The number of unbranched alkanes of at least 4 members (excludes halogenated alkanes) is 1. The summed E-state index contributed by atoms with van der Waals surface area (Å²) in [4.78, 5) is 44.1. The fraction of sp³-hybridized carbons (Fsp3) is 0.222. The van der Waals surface area contributed by atoms with Crippen LogP contribution in [-0.4, -0.2) is 21.7 Å². The van der Waals surface area contributed by atoms with Crippen LogP contribution in [0, 0.1) is 20.2 Å². The van der Waals surface area contributed by atoms with Crippen LogP contribution < -0.4 is 10.6 Å². The summed E-state index contributed by atoms with van der Waals surface area (Å²) >= 11 is 11.6. The molecule has 0 unspecified atom stereocenters. The van der Waals surface area contributed by atoms with E-state index in [2.05, 4.69) is 10.6 Å². The molecule has 30 heavy (non-hydrogen) atoms. The number of benzene rings is 2. The van der Waals surface area contributed by atoms with Gasteiger partial charge in [0, 0.05) is 36.3 Å². The number of rotatable bonds is 9. The molecular formula is C18H16Cl2N4O6. The fourth-order valence-corrected chi connectivity index (χ4v) is 2.98. The third-order valence-electron chi connectivity index (χ3n) is 3.91. The number of amides is 2. The minimum Gasteiger partial charge on any atom is -0.326 e. The van der Waals surface area contributed by atoms with Gasteiger partial charge in [-0.1, -0.05) is 23.2 Å². The summed E-state index contributed by atoms with van der Waals surface area (Å²) in [6.07, 6.45) is 1.15. The predicted octanol–water partition coefficient (Wildman–Crippen LogP) is 4.95. The Morgan fingerprint density at radius 3 is 1.43 bits per heavy atom. The molecule has 0 saturated carbocycles. The van der Waals surface area contributed by atoms with Crippen molar-refractivity contribution in [1.82, 2.24) is 0 Å². The lowest BCUT2D eigenvalue weighted by atomic mass is 10.1. The van der Waals surface area contributed by atoms with Crippen molar-refractivity contribution in [3.8, 4) is 0 Å². The number of nitro benzene ring substituents is 2. The first-order valence-electron chi connectivity index (χ1n) is 8.65. The lowest BCUT2D eigenvalue weighted by Crippen LogP contribution is -2.13. The van der Waals surface area contributed by atoms with Crippen molar-refractivity contribution < 1.29 is 19.4 Å². The predicted molar refractivity (Wildman–Crippen MR) is 112 cm³/mol. The summed E-state index contributed by atoms with van der Waals surface area (Å²) in [7, 11) is 0. The lowest BCUT2D eigenvalue weighted by Gasteiger charge is -2.07. The van der Waals surface area contributed by atoms with E-state index in [1.54, 1.807) is 0 Å². The van der Waals surface area contributed by atoms with Gasteiger partial charge in [0.2, 0.25) is 11.8 Å². The van der Waals surface area contributed by atoms with Gasteiger partial charge in [0.15, 0.2) is 0 Å². The molecule has 2 N–H and O–H groups in total. The zero-order valence-corrected chi connectivity index (χ0v) is 16.9. The molecule has 0 aromatic heterocycles. The van der Waals surface area contributed by atoms with Gasteiger partial charge in [0.25, 0.3) is 11.4 Å². The molecule has 0 spiro atoms. The number of nitrogens with zero attached hydrogens (tertiary/aromatic N) is 2. The number of nitro groups is 2. The second kappa shape index (κ2) is 10.5. The Kier molecular flexibility index (Phi) is 8.07. The van der Waals surface area contributed by atoms with Gasteiger partial charge in [-0.05, 0) is 37.1 Å². The third-order valence-corrected chi connectivity index (χ3v) is 4.52. The van der Waals surface area contributed by atoms with Gasteiger partial charge in [-0.25, -0.2) is 0 Å². The highest BCUT2D eigenvalue weighted by atomic mass is 35.5. The maximum atomic E-state index is 11.9. The molecule has 0 atom stereocenters. The summed E-state index contributed by atoms with van der Waals surface area (Å²) < 4.78 is 0. The standard InChI is InChI=1S/C18H16Cl2N4O6/c19-13-9-11(5-7-15(13)23(27)28)21-17(25)3-1-2-4-18(26)22-12-6-8-16(24(29)30)14(20)10-12/h5-10H,1-4H2,(H,21,25)(H,22,26). The Labute approximate surface area is 180 Å². The molecule has 0 aliphatic heterocycles. The molecule has 2 rings (SSSR count). The molecule has 10 nitrogen and oxygen atoms in total. The van der Waals surface area contributed by atoms with E-state index in [9.17, 15) is 29.8 Å². The SMILES string of the molecule is O=C(CCCCC(=O)Nc1ccc([N+](=O)[O-])c(Cl)c1)Nc1ccc([N+](=O)[O-])c(Cl)c1. The largest absolute Gasteiger partial charge is 0.326 e. The van der Waals surface area contributed by atoms with Crippen molar-refractivity contribution in [3.05, 3.63) is 66.7 Å². The van der Waals surface area contributed by atoms with Crippen LogP contribution in [0.25, 0.3) is 0 Å². The van der Waals surface area contributed by atoms with Crippen molar-refractivity contribution in [2.24, 2.45) is 0 Å². The number of halogens is 2. The Morgan fingerprint density at radius 1 is 0.767 bits per heavy atom. The monoisotopic (exact) mass is 454 g/mol. The molecule has 0 heterocycles. The molecule has 2 aromatic carbocycles. The molecule has 0 radical (unpaired) electrons. The van der Waals surface area contributed by atoms with E-state index in [1.807, 2.05) is 0 Å². The lowest BCUT2D eigenvalue weighted by molar-refractivity contribution is -0.384. The molecule has 158 valence electrons. The van der Waals surface area contributed by atoms with Crippen molar-refractivity contribution in [2.45, 2.75) is 25.7 Å². The van der Waals surface area contributed by atoms with Crippen molar-refractivity contribution >= 4 is 57.8 Å². The first-order valence-corrected chi connectivity index (χ1v) is 9.40. The highest BCUT2D eigenvalue weighted by Gasteiger charge is 2.14. The van der Waals surface area contributed by atoms with E-state index in [0.29, 0.717) is 24.2 Å². The Hall–Kier alpha value is -3.24. The van der Waals surface area contributed by atoms with Crippen LogP contribution in [0.3, 0.4) is 0 Å². The highest BCUT2D eigenvalue weighted by Crippen LogP contribution is 2.28. The Morgan fingerprint density at radius 2 is 1.13 bits per heavy atom. The first kappa shape index (κ1) is 23.0. The zero-order chi connectivity index (χ0) is 22.3. The average molecular weight is 455 g/mol. The molecular weight excluding hydrogens is 439 g/mol. The van der Waals surface area contributed by atoms with E-state index >= 15 is 0 Å². The number of hydrogen-bond acceptors (Lipinski definition) is 6. The smallest absolute Gasteiger partial charge is 0.288 e. The summed E-state index contributed by atoms with van der Waals surface area (Å²) in [5.74, 6) is -0.634. The molecule has 0 aliphatic carbocycles. The van der Waals surface area contributed by atoms with Gasteiger partial charge >= 0.3 is 0 Å². The number of nitrogens with one attached hydrogen (secondary N) is 2. The molecule has 12 heteroatoms. The number of carbonyl (C=O) groups excluding carboxylic acids is 2. The van der Waals surface area contributed by atoms with Crippen LogP contribution in [0.2, 0.25) is 10.0 Å². The van der Waals surface area contributed by atoms with Crippen LogP contribution in [0.4, 0.5) is 22.7 Å². The molecule has 0 saturated heterocycles. The van der Waals surface area contributed by atoms with Crippen LogP contribution in [0.1, 0.15) is 25.7 Å². The van der Waals surface area contributed by atoms with Gasteiger partial charge in [0.05, 0.1) is 9.85 Å². The van der Waals surface area contributed by atoms with Crippen LogP contribution in [-0.2, 0) is 9.59 Å². The Balaban J connectivity index is 1.74. The van der Waals surface area contributed by atoms with Gasteiger partial charge in [-0.15, -0.1) is 0 Å². The maximum absolute atomic E-state index is 11.9. The summed E-state index contributed by atoms with van der Waals surface area (Å²) in [5, 5.41) is 26.4. The fourth-order valence-electron chi connectivity index (χ4n) is 2.48. The summed E-state index contributed by atoms with van der Waals surface area (Å²) in [5.41, 5.74) is 0.164. The van der Waals surface area contributed by atoms with E-state index in [1.165, 1.54) is 36.4 Å². The topological polar surface area (TPSA) is 144 Å². The highest BCUT2D eigenvalue weighted by molar-refractivity contribution is 6.33. The van der Waals surface area contributed by atoms with E-state index in [-0.39, 0.29) is 46.1 Å². The van der Waals surface area contributed by atoms with Crippen molar-refractivity contribution in [2.75, 3.05) is 10.6 Å². The minimum absolute atomic E-state index is 0.0826. The van der Waals surface area contributed by atoms with Crippen LogP contribution >= 0.6 is 23.2 Å². The second-order valence-corrected chi connectivity index (χ2v) is 6.96. The first-order chi connectivity index (χ1) is 14.2. The second-order valence-electron chi connectivity index (χ2n) is 6.15. The molecule has 0 fully saturated rings. The molecule has 2 amide bonds. The molecule has 0 bridgehead atoms. The van der Waals surface area contributed by atoms with E-state index < -0.39 is 9.85 Å². The summed E-state index contributed by atoms with van der Waals surface area (Å²) in [6, 6.07) is 7.75. The maximum Gasteiger partial charge on any atom is 0.288 e. The van der Waals surface area contributed by atoms with Gasteiger partial charge < -0.3 is 10.6 Å². The zero-order valence-electron chi connectivity index (χ0n) is 15.4. The minimum atomic E-state index is -0.621. The number of anilines is 2. The van der Waals surface area contributed by atoms with Crippen molar-refractivity contribution in [3.63, 3.8) is 0 Å². The van der Waals surface area contributed by atoms with Gasteiger partial charge in [0.1, 0.15) is 10.0 Å². The van der Waals surface area contributed by atoms with Crippen molar-refractivity contribution in [1.29, 1.82) is 0 Å². The molecule has 2 aromatic rings. The quantitative estimate of drug-likeness (QED) is 0.311. The van der Waals surface area contributed by atoms with Gasteiger partial charge in [-0.2, -0.15) is 0 Å². The number of carbonyl (C=O) groups is 2. The number of hydrogen-bond donors (Lipinski definition) is 2. The molecule has 0 aliphatic rings. The normalized spacial score (nSPS) is 10.3. The average Bonchev–Trinajstić information content (AvgIpc) is 2.64. The van der Waals surface area contributed by atoms with Crippen LogP contribution in [0.5, 0.6) is 0 Å². The van der Waals surface area contributed by atoms with Crippen LogP contribution in [0.15, 0.2) is 36.4 Å².